The number of hydrogen-bond donors (Lipinski definition) is 1. The van der Waals surface area contributed by atoms with E-state index in [1.54, 1.807) is 16.8 Å². The van der Waals surface area contributed by atoms with E-state index < -0.39 is 0 Å². The Morgan fingerprint density at radius 2 is 2.00 bits per heavy atom. The van der Waals surface area contributed by atoms with Crippen LogP contribution in [0.15, 0.2) is 71.9 Å². The Balaban J connectivity index is 1.62. The van der Waals surface area contributed by atoms with Crippen LogP contribution in [0.1, 0.15) is 19.2 Å². The lowest BCUT2D eigenvalue weighted by Gasteiger charge is -2.02. The van der Waals surface area contributed by atoms with Crippen LogP contribution in [0.3, 0.4) is 0 Å². The number of anilines is 1. The molecule has 0 saturated carbocycles. The third-order valence-electron chi connectivity index (χ3n) is 3.92. The lowest BCUT2D eigenvalue weighted by Crippen LogP contribution is -2.00. The molecule has 0 bridgehead atoms. The van der Waals surface area contributed by atoms with Gasteiger partial charge >= 0.3 is 0 Å². The van der Waals surface area contributed by atoms with Gasteiger partial charge in [0.2, 0.25) is 0 Å². The minimum atomic E-state index is 0.484. The molecule has 3 heterocycles. The van der Waals surface area contributed by atoms with Gasteiger partial charge < -0.3 is 5.73 Å². The van der Waals surface area contributed by atoms with Crippen molar-refractivity contribution < 1.29 is 0 Å². The van der Waals surface area contributed by atoms with Crippen LogP contribution >= 0.6 is 0 Å². The predicted octanol–water partition coefficient (Wildman–Crippen LogP) is 3.46. The van der Waals surface area contributed by atoms with Gasteiger partial charge in [-0.3, -0.25) is 4.99 Å². The average Bonchev–Trinajstić information content (AvgIpc) is 3.12. The summed E-state index contributed by atoms with van der Waals surface area (Å²) in [5, 5.41) is 13.1. The zero-order chi connectivity index (χ0) is 19.6. The van der Waals surface area contributed by atoms with Crippen LogP contribution < -0.4 is 5.73 Å². The second-order valence-electron chi connectivity index (χ2n) is 6.00. The van der Waals surface area contributed by atoms with Crippen molar-refractivity contribution in [3.8, 4) is 11.3 Å². The van der Waals surface area contributed by atoms with Crippen molar-refractivity contribution in [3.05, 3.63) is 72.7 Å². The molecular weight excluding hydrogens is 350 g/mol. The lowest BCUT2D eigenvalue weighted by molar-refractivity contribution is 0.849. The van der Waals surface area contributed by atoms with Crippen LogP contribution in [-0.2, 0) is 6.42 Å². The van der Waals surface area contributed by atoms with E-state index in [4.69, 9.17) is 5.73 Å². The van der Waals surface area contributed by atoms with E-state index in [1.165, 1.54) is 0 Å². The molecule has 3 aromatic rings. The molecule has 0 aliphatic carbocycles. The molecule has 3 rings (SSSR count). The van der Waals surface area contributed by atoms with Crippen molar-refractivity contribution >= 4 is 17.7 Å². The van der Waals surface area contributed by atoms with Gasteiger partial charge in [0.05, 0.1) is 12.2 Å². The fourth-order valence-corrected chi connectivity index (χ4v) is 2.46. The second kappa shape index (κ2) is 9.91. The topological polar surface area (TPSA) is 94.3 Å². The fourth-order valence-electron chi connectivity index (χ4n) is 2.46. The number of nitrogens with zero attached hydrogens (tertiary/aromatic N) is 6. The monoisotopic (exact) mass is 373 g/mol. The molecule has 0 aliphatic rings. The number of pyridine rings is 1. The highest BCUT2D eigenvalue weighted by Gasteiger charge is 2.07. The van der Waals surface area contributed by atoms with Gasteiger partial charge in [-0.15, -0.1) is 10.2 Å². The minimum Gasteiger partial charge on any atom is -0.384 e. The normalized spacial score (nSPS) is 12.5. The first kappa shape index (κ1) is 19.2. The number of nitrogens with two attached hydrogens (primary N) is 1. The van der Waals surface area contributed by atoms with E-state index in [2.05, 4.69) is 43.5 Å². The van der Waals surface area contributed by atoms with Crippen molar-refractivity contribution in [2.24, 2.45) is 4.99 Å². The maximum Gasteiger partial charge on any atom is 0.177 e. The highest BCUT2D eigenvalue weighted by atomic mass is 15.4. The average molecular weight is 373 g/mol. The molecule has 0 unspecified atom stereocenters. The summed E-state index contributed by atoms with van der Waals surface area (Å²) in [6.45, 7) is 2.71. The number of aliphatic imine (C=N–C) groups is 1. The summed E-state index contributed by atoms with van der Waals surface area (Å²) in [7, 11) is 0. The Hall–Kier alpha value is -3.61. The number of aromatic nitrogens is 5. The van der Waals surface area contributed by atoms with Crippen LogP contribution in [0, 0.1) is 0 Å². The molecule has 0 aromatic carbocycles. The van der Waals surface area contributed by atoms with E-state index in [0.29, 0.717) is 17.9 Å². The summed E-state index contributed by atoms with van der Waals surface area (Å²) in [6, 6.07) is 7.46. The molecule has 0 saturated heterocycles. The molecule has 0 radical (unpaired) electrons. The van der Waals surface area contributed by atoms with Crippen molar-refractivity contribution in [1.29, 1.82) is 0 Å². The molecule has 2 N–H and O–H groups in total. The fraction of sp³-hybridized carbons (Fsp3) is 0.190. The van der Waals surface area contributed by atoms with Crippen LogP contribution in [0.5, 0.6) is 0 Å². The SMILES string of the molecule is C/C=C\C/N=C\C=C/C/C=C/Cc1nnc2ccc(-c3ccc(N)nc3)nn12. The van der Waals surface area contributed by atoms with E-state index in [-0.39, 0.29) is 0 Å². The summed E-state index contributed by atoms with van der Waals surface area (Å²) >= 11 is 0. The number of allylic oxidation sites excluding steroid dienone is 5. The molecule has 7 heteroatoms. The van der Waals surface area contributed by atoms with Gasteiger partial charge in [-0.25, -0.2) is 4.98 Å². The van der Waals surface area contributed by atoms with Gasteiger partial charge in [-0.05, 0) is 43.7 Å². The second-order valence-corrected chi connectivity index (χ2v) is 6.00. The molecule has 0 atom stereocenters. The van der Waals surface area contributed by atoms with Gasteiger partial charge in [-0.1, -0.05) is 30.4 Å². The third-order valence-corrected chi connectivity index (χ3v) is 3.92. The van der Waals surface area contributed by atoms with Crippen LogP contribution in [0.4, 0.5) is 5.82 Å². The van der Waals surface area contributed by atoms with E-state index >= 15 is 0 Å². The van der Waals surface area contributed by atoms with E-state index in [0.717, 1.165) is 30.0 Å². The van der Waals surface area contributed by atoms with E-state index in [9.17, 15) is 0 Å². The van der Waals surface area contributed by atoms with Crippen LogP contribution in [0.2, 0.25) is 0 Å². The van der Waals surface area contributed by atoms with Crippen molar-refractivity contribution in [2.75, 3.05) is 12.3 Å². The zero-order valence-electron chi connectivity index (χ0n) is 15.8. The van der Waals surface area contributed by atoms with Gasteiger partial charge in [0.15, 0.2) is 11.5 Å². The smallest absolute Gasteiger partial charge is 0.177 e. The van der Waals surface area contributed by atoms with Crippen molar-refractivity contribution in [1.82, 2.24) is 24.8 Å². The number of rotatable bonds is 8. The van der Waals surface area contributed by atoms with E-state index in [1.807, 2.05) is 49.6 Å². The molecule has 0 amide bonds. The lowest BCUT2D eigenvalue weighted by atomic mass is 10.2. The van der Waals surface area contributed by atoms with Crippen LogP contribution in [-0.4, -0.2) is 37.6 Å². The van der Waals surface area contributed by atoms with Crippen molar-refractivity contribution in [2.45, 2.75) is 19.8 Å². The highest BCUT2D eigenvalue weighted by molar-refractivity contribution is 5.71. The number of nitrogen functional groups attached to an aromatic ring is 1. The Bertz CT molecular complexity index is 1010. The molecule has 0 spiro atoms. The summed E-state index contributed by atoms with van der Waals surface area (Å²) in [5.74, 6) is 1.27. The summed E-state index contributed by atoms with van der Waals surface area (Å²) in [5.41, 5.74) is 8.06. The summed E-state index contributed by atoms with van der Waals surface area (Å²) in [6.07, 6.45) is 17.2. The molecule has 0 aliphatic heterocycles. The third kappa shape index (κ3) is 5.20. The van der Waals surface area contributed by atoms with Crippen LogP contribution in [0.25, 0.3) is 16.9 Å². The minimum absolute atomic E-state index is 0.484. The molecule has 28 heavy (non-hydrogen) atoms. The molecule has 3 aromatic heterocycles. The molecular formula is C21H23N7. The Morgan fingerprint density at radius 3 is 2.82 bits per heavy atom. The largest absolute Gasteiger partial charge is 0.384 e. The molecule has 0 fully saturated rings. The zero-order valence-corrected chi connectivity index (χ0v) is 15.8. The maximum atomic E-state index is 5.65. The number of hydrogen-bond acceptors (Lipinski definition) is 6. The summed E-state index contributed by atoms with van der Waals surface area (Å²) in [4.78, 5) is 8.35. The molecule has 142 valence electrons. The van der Waals surface area contributed by atoms with Gasteiger partial charge in [0.1, 0.15) is 5.82 Å². The standard InChI is InChI=1S/C21H23N7/c1-2-3-14-23-15-8-6-4-5-7-9-20-25-26-21-13-11-18(27-28(20)21)17-10-12-19(22)24-16-17/h2-3,5-8,10-13,15-16H,4,9,14H2,1H3,(H2,22,24)/b3-2-,7-5+,8-6-,23-15-. The first-order valence-electron chi connectivity index (χ1n) is 9.12. The van der Waals surface area contributed by atoms with Gasteiger partial charge in [-0.2, -0.15) is 9.61 Å². The highest BCUT2D eigenvalue weighted by Crippen LogP contribution is 2.17. The molecule has 7 nitrogen and oxygen atoms in total. The first-order chi connectivity index (χ1) is 13.8. The Kier molecular flexibility index (Phi) is 6.78. The number of fused-ring (bicyclic) bond motifs is 1. The van der Waals surface area contributed by atoms with Gasteiger partial charge in [0.25, 0.3) is 0 Å². The quantitative estimate of drug-likeness (QED) is 0.482. The summed E-state index contributed by atoms with van der Waals surface area (Å²) < 4.78 is 1.76. The Morgan fingerprint density at radius 1 is 1.07 bits per heavy atom. The first-order valence-corrected chi connectivity index (χ1v) is 9.12. The maximum absolute atomic E-state index is 5.65. The predicted molar refractivity (Wildman–Crippen MR) is 113 cm³/mol. The Labute approximate surface area is 164 Å². The van der Waals surface area contributed by atoms with Gasteiger partial charge in [0, 0.05) is 24.4 Å². The van der Waals surface area contributed by atoms with Crippen molar-refractivity contribution in [3.63, 3.8) is 0 Å².